The molecule has 0 radical (unpaired) electrons. The number of carbonyl (C=O) groups excluding carboxylic acids is 1. The second-order valence-corrected chi connectivity index (χ2v) is 10.3. The zero-order valence-corrected chi connectivity index (χ0v) is 17.7. The van der Waals surface area contributed by atoms with Crippen LogP contribution in [-0.2, 0) is 14.8 Å². The highest BCUT2D eigenvalue weighted by Crippen LogP contribution is 2.27. The van der Waals surface area contributed by atoms with Crippen molar-refractivity contribution in [2.45, 2.75) is 30.1 Å². The Bertz CT molecular complexity index is 892. The molecule has 0 spiro atoms. The van der Waals surface area contributed by atoms with E-state index in [0.717, 1.165) is 11.3 Å². The molecule has 0 bridgehead atoms. The fourth-order valence-electron chi connectivity index (χ4n) is 3.44. The van der Waals surface area contributed by atoms with Gasteiger partial charge in [-0.3, -0.25) is 9.78 Å². The zero-order chi connectivity index (χ0) is 20.1. The standard InChI is InChI=1S/C20H25N3O3S2/c1-15-11-16(2)13-23(12-15)28(25,26)19-5-3-17(4-6-19)22-20(24)14-27-18-7-9-21-10-8-18/h3-10,15-16H,11-14H2,1-2H3,(H,22,24)/t15-,16-/m1/s1. The molecule has 1 fully saturated rings. The summed E-state index contributed by atoms with van der Waals surface area (Å²) in [6.07, 6.45) is 4.42. The highest BCUT2D eigenvalue weighted by atomic mass is 32.2. The first kappa shape index (κ1) is 20.8. The van der Waals surface area contributed by atoms with E-state index in [1.807, 2.05) is 12.1 Å². The summed E-state index contributed by atoms with van der Waals surface area (Å²) in [5, 5.41) is 2.80. The Balaban J connectivity index is 1.60. The molecule has 1 aliphatic heterocycles. The molecule has 2 aromatic rings. The average Bonchev–Trinajstić information content (AvgIpc) is 2.67. The molecule has 1 aliphatic rings. The number of piperidine rings is 1. The maximum absolute atomic E-state index is 12.9. The summed E-state index contributed by atoms with van der Waals surface area (Å²) in [5.74, 6) is 0.842. The second kappa shape index (κ2) is 9.07. The predicted octanol–water partition coefficient (Wildman–Crippen LogP) is 3.48. The first-order valence-electron chi connectivity index (χ1n) is 9.27. The van der Waals surface area contributed by atoms with E-state index < -0.39 is 10.0 Å². The Morgan fingerprint density at radius 1 is 1.11 bits per heavy atom. The van der Waals surface area contributed by atoms with Crippen molar-refractivity contribution in [1.82, 2.24) is 9.29 Å². The number of rotatable bonds is 6. The third kappa shape index (κ3) is 5.33. The number of nitrogens with one attached hydrogen (secondary N) is 1. The smallest absolute Gasteiger partial charge is 0.243 e. The van der Waals surface area contributed by atoms with Gasteiger partial charge in [0, 0.05) is 36.1 Å². The average molecular weight is 420 g/mol. The molecule has 0 unspecified atom stereocenters. The van der Waals surface area contributed by atoms with E-state index in [1.165, 1.54) is 11.8 Å². The van der Waals surface area contributed by atoms with Gasteiger partial charge in [0.2, 0.25) is 15.9 Å². The molecule has 1 aromatic carbocycles. The summed E-state index contributed by atoms with van der Waals surface area (Å²) in [5.41, 5.74) is 0.583. The summed E-state index contributed by atoms with van der Waals surface area (Å²) < 4.78 is 27.4. The number of sulfonamides is 1. The molecular formula is C20H25N3O3S2. The largest absolute Gasteiger partial charge is 0.325 e. The zero-order valence-electron chi connectivity index (χ0n) is 16.0. The molecule has 1 amide bonds. The monoisotopic (exact) mass is 419 g/mol. The Hall–Kier alpha value is -1.90. The van der Waals surface area contributed by atoms with E-state index in [4.69, 9.17) is 0 Å². The van der Waals surface area contributed by atoms with Crippen LogP contribution < -0.4 is 5.32 Å². The minimum absolute atomic E-state index is 0.143. The fraction of sp³-hybridized carbons (Fsp3) is 0.400. The molecule has 2 heterocycles. The number of benzene rings is 1. The molecule has 1 aromatic heterocycles. The van der Waals surface area contributed by atoms with Crippen LogP contribution in [0.3, 0.4) is 0 Å². The van der Waals surface area contributed by atoms with Crippen molar-refractivity contribution in [3.8, 4) is 0 Å². The number of anilines is 1. The van der Waals surface area contributed by atoms with Crippen LogP contribution in [0.15, 0.2) is 58.6 Å². The molecule has 1 saturated heterocycles. The third-order valence-corrected chi connectivity index (χ3v) is 7.49. The molecule has 28 heavy (non-hydrogen) atoms. The topological polar surface area (TPSA) is 79.4 Å². The van der Waals surface area contributed by atoms with Crippen LogP contribution in [0.1, 0.15) is 20.3 Å². The number of nitrogens with zero attached hydrogens (tertiary/aromatic N) is 2. The molecule has 0 aliphatic carbocycles. The maximum Gasteiger partial charge on any atom is 0.243 e. The van der Waals surface area contributed by atoms with Gasteiger partial charge >= 0.3 is 0 Å². The van der Waals surface area contributed by atoms with Gasteiger partial charge in [-0.1, -0.05) is 13.8 Å². The SMILES string of the molecule is C[C@@H]1C[C@@H](C)CN(S(=O)(=O)c2ccc(NC(=O)CSc3ccncc3)cc2)C1. The van der Waals surface area contributed by atoms with Crippen LogP contribution >= 0.6 is 11.8 Å². The minimum atomic E-state index is -3.51. The third-order valence-electron chi connectivity index (χ3n) is 4.63. The van der Waals surface area contributed by atoms with E-state index in [9.17, 15) is 13.2 Å². The predicted molar refractivity (Wildman–Crippen MR) is 112 cm³/mol. The second-order valence-electron chi connectivity index (χ2n) is 7.31. The van der Waals surface area contributed by atoms with Gasteiger partial charge < -0.3 is 5.32 Å². The van der Waals surface area contributed by atoms with Crippen molar-refractivity contribution in [3.63, 3.8) is 0 Å². The molecule has 150 valence electrons. The van der Waals surface area contributed by atoms with Crippen LogP contribution in [-0.4, -0.2) is 42.5 Å². The lowest BCUT2D eigenvalue weighted by atomic mass is 9.94. The van der Waals surface area contributed by atoms with Crippen molar-refractivity contribution in [2.75, 3.05) is 24.2 Å². The maximum atomic E-state index is 12.9. The van der Waals surface area contributed by atoms with Gasteiger partial charge in [0.25, 0.3) is 0 Å². The Labute approximate surface area is 170 Å². The summed E-state index contributed by atoms with van der Waals surface area (Å²) in [6, 6.07) is 10.1. The van der Waals surface area contributed by atoms with Crippen LogP contribution in [0.2, 0.25) is 0 Å². The molecular weight excluding hydrogens is 394 g/mol. The molecule has 8 heteroatoms. The number of hydrogen-bond donors (Lipinski definition) is 1. The Morgan fingerprint density at radius 2 is 1.71 bits per heavy atom. The fourth-order valence-corrected chi connectivity index (χ4v) is 5.81. The van der Waals surface area contributed by atoms with Crippen LogP contribution in [0.5, 0.6) is 0 Å². The first-order valence-corrected chi connectivity index (χ1v) is 11.7. The van der Waals surface area contributed by atoms with Gasteiger partial charge in [-0.2, -0.15) is 4.31 Å². The van der Waals surface area contributed by atoms with Gasteiger partial charge in [0.1, 0.15) is 0 Å². The van der Waals surface area contributed by atoms with Gasteiger partial charge in [0.15, 0.2) is 0 Å². The minimum Gasteiger partial charge on any atom is -0.325 e. The molecule has 2 atom stereocenters. The van der Waals surface area contributed by atoms with Crippen molar-refractivity contribution < 1.29 is 13.2 Å². The quantitative estimate of drug-likeness (QED) is 0.725. The number of thioether (sulfide) groups is 1. The first-order chi connectivity index (χ1) is 13.3. The van der Waals surface area contributed by atoms with Crippen LogP contribution in [0.4, 0.5) is 5.69 Å². The molecule has 0 saturated carbocycles. The number of amides is 1. The summed E-state index contributed by atoms with van der Waals surface area (Å²) in [6.45, 7) is 5.27. The lowest BCUT2D eigenvalue weighted by Gasteiger charge is -2.34. The Kier molecular flexibility index (Phi) is 6.74. The summed E-state index contributed by atoms with van der Waals surface area (Å²) >= 11 is 1.42. The number of carbonyl (C=O) groups is 1. The van der Waals surface area contributed by atoms with E-state index >= 15 is 0 Å². The number of aromatic nitrogens is 1. The summed E-state index contributed by atoms with van der Waals surface area (Å²) in [7, 11) is -3.51. The van der Waals surface area contributed by atoms with Crippen LogP contribution in [0.25, 0.3) is 0 Å². The van der Waals surface area contributed by atoms with Gasteiger partial charge in [-0.15, -0.1) is 11.8 Å². The highest BCUT2D eigenvalue weighted by molar-refractivity contribution is 8.00. The Morgan fingerprint density at radius 3 is 2.32 bits per heavy atom. The van der Waals surface area contributed by atoms with Gasteiger partial charge in [0.05, 0.1) is 10.6 Å². The van der Waals surface area contributed by atoms with Crippen molar-refractivity contribution in [3.05, 3.63) is 48.8 Å². The summed E-state index contributed by atoms with van der Waals surface area (Å²) in [4.78, 5) is 17.3. The van der Waals surface area contributed by atoms with E-state index in [0.29, 0.717) is 30.6 Å². The van der Waals surface area contributed by atoms with E-state index in [1.54, 1.807) is 41.0 Å². The van der Waals surface area contributed by atoms with E-state index in [-0.39, 0.29) is 16.6 Å². The van der Waals surface area contributed by atoms with Crippen molar-refractivity contribution in [1.29, 1.82) is 0 Å². The normalized spacial score (nSPS) is 20.6. The highest BCUT2D eigenvalue weighted by Gasteiger charge is 2.31. The molecule has 3 rings (SSSR count). The number of pyridine rings is 1. The van der Waals surface area contributed by atoms with Crippen molar-refractivity contribution >= 4 is 33.4 Å². The lowest BCUT2D eigenvalue weighted by Crippen LogP contribution is -2.42. The lowest BCUT2D eigenvalue weighted by molar-refractivity contribution is -0.113. The van der Waals surface area contributed by atoms with Gasteiger partial charge in [-0.05, 0) is 54.7 Å². The van der Waals surface area contributed by atoms with Crippen LogP contribution in [0, 0.1) is 11.8 Å². The van der Waals surface area contributed by atoms with Gasteiger partial charge in [-0.25, -0.2) is 8.42 Å². The van der Waals surface area contributed by atoms with Crippen molar-refractivity contribution in [2.24, 2.45) is 11.8 Å². The van der Waals surface area contributed by atoms with E-state index in [2.05, 4.69) is 24.1 Å². The molecule has 6 nitrogen and oxygen atoms in total. The number of hydrogen-bond acceptors (Lipinski definition) is 5. The molecule has 1 N–H and O–H groups in total.